The fraction of sp³-hybridized carbons (Fsp3) is 0.250. The summed E-state index contributed by atoms with van der Waals surface area (Å²) in [6.07, 6.45) is 3.47. The van der Waals surface area contributed by atoms with Gasteiger partial charge in [0.15, 0.2) is 16.3 Å². The molecule has 0 saturated heterocycles. The normalized spacial score (nSPS) is 15.2. The summed E-state index contributed by atoms with van der Waals surface area (Å²) in [5.74, 6) is 0.708. The Balaban J connectivity index is 1.90. The fourth-order valence-corrected chi connectivity index (χ4v) is 5.94. The van der Waals surface area contributed by atoms with Gasteiger partial charge in [0, 0.05) is 0 Å². The third-order valence-corrected chi connectivity index (χ3v) is 7.59. The molecule has 192 valence electrons. The predicted octanol–water partition coefficient (Wildman–Crippen LogP) is 4.28. The Morgan fingerprint density at radius 2 is 1.97 bits per heavy atom. The molecule has 2 heterocycles. The molecular weight excluding hydrogens is 603 g/mol. The number of nitrogens with zero attached hydrogens (tertiary/aromatic N) is 2. The van der Waals surface area contributed by atoms with Crippen molar-refractivity contribution in [1.29, 1.82) is 0 Å². The van der Waals surface area contributed by atoms with E-state index in [4.69, 9.17) is 14.2 Å². The quantitative estimate of drug-likeness (QED) is 0.211. The van der Waals surface area contributed by atoms with Gasteiger partial charge in [0.25, 0.3) is 5.56 Å². The molecule has 7 nitrogen and oxygen atoms in total. The standard InChI is InChI=1S/C28H27IN2O5S/c1-6-12-36-25-20(29)13-18(14-21(25)34-5)15-22-26(32)31-24(19-10-8-16(3)9-11-19)23(27(33)35-7-2)17(4)30-28(31)37-22/h6,8-11,13-15,24H,1,7,12H2,2-5H3. The predicted molar refractivity (Wildman–Crippen MR) is 153 cm³/mol. The average Bonchev–Trinajstić information content (AvgIpc) is 3.17. The summed E-state index contributed by atoms with van der Waals surface area (Å²) in [6, 6.07) is 10.9. The minimum atomic E-state index is -0.637. The Bertz CT molecular complexity index is 1570. The number of thiazole rings is 1. The molecule has 0 saturated carbocycles. The van der Waals surface area contributed by atoms with E-state index in [1.807, 2.05) is 43.3 Å². The maximum absolute atomic E-state index is 13.8. The first-order valence-corrected chi connectivity index (χ1v) is 13.6. The molecule has 1 aliphatic rings. The molecule has 0 spiro atoms. The van der Waals surface area contributed by atoms with E-state index in [2.05, 4.69) is 34.2 Å². The largest absolute Gasteiger partial charge is 0.493 e. The van der Waals surface area contributed by atoms with Gasteiger partial charge in [0.2, 0.25) is 0 Å². The molecule has 0 N–H and O–H groups in total. The number of allylic oxidation sites excluding steroid dienone is 1. The molecule has 0 radical (unpaired) electrons. The van der Waals surface area contributed by atoms with Crippen molar-refractivity contribution in [3.8, 4) is 11.5 Å². The third-order valence-electron chi connectivity index (χ3n) is 5.81. The number of fused-ring (bicyclic) bond motifs is 1. The van der Waals surface area contributed by atoms with Gasteiger partial charge in [0.1, 0.15) is 6.61 Å². The van der Waals surface area contributed by atoms with Gasteiger partial charge < -0.3 is 14.2 Å². The van der Waals surface area contributed by atoms with E-state index >= 15 is 0 Å². The lowest BCUT2D eigenvalue weighted by Gasteiger charge is -2.24. The van der Waals surface area contributed by atoms with Crippen molar-refractivity contribution in [2.24, 2.45) is 4.99 Å². The number of rotatable bonds is 8. The van der Waals surface area contributed by atoms with E-state index in [0.29, 0.717) is 38.7 Å². The van der Waals surface area contributed by atoms with E-state index < -0.39 is 12.0 Å². The van der Waals surface area contributed by atoms with E-state index in [0.717, 1.165) is 20.3 Å². The van der Waals surface area contributed by atoms with Crippen molar-refractivity contribution in [1.82, 2.24) is 4.57 Å². The molecule has 1 unspecified atom stereocenters. The summed E-state index contributed by atoms with van der Waals surface area (Å²) < 4.78 is 19.6. The molecule has 1 atom stereocenters. The van der Waals surface area contributed by atoms with Crippen LogP contribution in [-0.4, -0.2) is 30.9 Å². The van der Waals surface area contributed by atoms with Crippen molar-refractivity contribution in [2.45, 2.75) is 26.8 Å². The van der Waals surface area contributed by atoms with Crippen molar-refractivity contribution in [3.05, 3.63) is 100 Å². The number of carbonyl (C=O) groups excluding carboxylic acids is 1. The van der Waals surface area contributed by atoms with Gasteiger partial charge in [-0.1, -0.05) is 53.8 Å². The molecule has 4 rings (SSSR count). The SMILES string of the molecule is C=CCOc1c(I)cc(C=c2sc3n(c2=O)C(c2ccc(C)cc2)C(C(=O)OCC)=C(C)N=3)cc1OC. The highest BCUT2D eigenvalue weighted by atomic mass is 127. The van der Waals surface area contributed by atoms with Crippen LogP contribution in [0.5, 0.6) is 11.5 Å². The molecule has 0 fully saturated rings. The second kappa shape index (κ2) is 11.5. The third kappa shape index (κ3) is 5.42. The number of methoxy groups -OCH3 is 1. The molecule has 37 heavy (non-hydrogen) atoms. The van der Waals surface area contributed by atoms with Gasteiger partial charge in [-0.05, 0) is 72.7 Å². The van der Waals surface area contributed by atoms with Crippen LogP contribution in [0, 0.1) is 10.5 Å². The number of halogens is 1. The number of aryl methyl sites for hydroxylation is 1. The summed E-state index contributed by atoms with van der Waals surface area (Å²) in [5, 5.41) is 0. The minimum absolute atomic E-state index is 0.230. The van der Waals surface area contributed by atoms with E-state index in [1.54, 1.807) is 37.7 Å². The van der Waals surface area contributed by atoms with Crippen molar-refractivity contribution in [3.63, 3.8) is 0 Å². The minimum Gasteiger partial charge on any atom is -0.493 e. The first-order chi connectivity index (χ1) is 17.8. The van der Waals surface area contributed by atoms with Crippen LogP contribution in [0.1, 0.15) is 36.6 Å². The van der Waals surface area contributed by atoms with Crippen LogP contribution >= 0.6 is 33.9 Å². The number of aromatic nitrogens is 1. The second-order valence-corrected chi connectivity index (χ2v) is 10.5. The molecule has 0 bridgehead atoms. The highest BCUT2D eigenvalue weighted by Crippen LogP contribution is 2.34. The first-order valence-electron chi connectivity index (χ1n) is 11.7. The molecule has 1 aromatic heterocycles. The van der Waals surface area contributed by atoms with Crippen LogP contribution in [0.3, 0.4) is 0 Å². The zero-order chi connectivity index (χ0) is 26.7. The Hall–Kier alpha value is -3.18. The topological polar surface area (TPSA) is 79.1 Å². The Labute approximate surface area is 232 Å². The molecule has 1 aliphatic heterocycles. The Morgan fingerprint density at radius 3 is 2.62 bits per heavy atom. The summed E-state index contributed by atoms with van der Waals surface area (Å²) in [5.41, 5.74) is 3.35. The van der Waals surface area contributed by atoms with Gasteiger partial charge in [0.05, 0.1) is 39.1 Å². The summed E-state index contributed by atoms with van der Waals surface area (Å²) in [6.45, 7) is 9.80. The lowest BCUT2D eigenvalue weighted by atomic mass is 9.95. The lowest BCUT2D eigenvalue weighted by molar-refractivity contribution is -0.139. The zero-order valence-corrected chi connectivity index (χ0v) is 24.0. The van der Waals surface area contributed by atoms with Crippen LogP contribution in [0.4, 0.5) is 0 Å². The second-order valence-electron chi connectivity index (χ2n) is 8.35. The van der Waals surface area contributed by atoms with Crippen LogP contribution < -0.4 is 24.4 Å². The number of esters is 1. The number of benzene rings is 2. The van der Waals surface area contributed by atoms with E-state index in [-0.39, 0.29) is 12.2 Å². The summed E-state index contributed by atoms with van der Waals surface area (Å²) in [7, 11) is 1.57. The molecule has 3 aromatic rings. The van der Waals surface area contributed by atoms with Gasteiger partial charge >= 0.3 is 5.97 Å². The smallest absolute Gasteiger partial charge is 0.338 e. The molecule has 0 amide bonds. The van der Waals surface area contributed by atoms with E-state index in [1.165, 1.54) is 11.3 Å². The van der Waals surface area contributed by atoms with Crippen LogP contribution in [0.15, 0.2) is 70.1 Å². The Kier molecular flexibility index (Phi) is 8.33. The van der Waals surface area contributed by atoms with Crippen LogP contribution in [0.25, 0.3) is 6.08 Å². The maximum Gasteiger partial charge on any atom is 0.338 e. The monoisotopic (exact) mass is 630 g/mol. The van der Waals surface area contributed by atoms with Gasteiger partial charge in [-0.15, -0.1) is 0 Å². The van der Waals surface area contributed by atoms with E-state index in [9.17, 15) is 9.59 Å². The summed E-state index contributed by atoms with van der Waals surface area (Å²) >= 11 is 3.46. The van der Waals surface area contributed by atoms with Crippen LogP contribution in [0.2, 0.25) is 0 Å². The number of ether oxygens (including phenoxy) is 3. The highest BCUT2D eigenvalue weighted by molar-refractivity contribution is 14.1. The molecule has 9 heteroatoms. The fourth-order valence-electron chi connectivity index (χ4n) is 4.11. The highest BCUT2D eigenvalue weighted by Gasteiger charge is 2.33. The number of hydrogen-bond acceptors (Lipinski definition) is 7. The van der Waals surface area contributed by atoms with Crippen molar-refractivity contribution in [2.75, 3.05) is 20.3 Å². The summed E-state index contributed by atoms with van der Waals surface area (Å²) in [4.78, 5) is 31.9. The van der Waals surface area contributed by atoms with Gasteiger partial charge in [-0.3, -0.25) is 9.36 Å². The number of hydrogen-bond donors (Lipinski definition) is 0. The molecule has 0 aliphatic carbocycles. The van der Waals surface area contributed by atoms with Crippen molar-refractivity contribution >= 4 is 46.0 Å². The maximum atomic E-state index is 13.8. The molecule has 2 aromatic carbocycles. The Morgan fingerprint density at radius 1 is 1.24 bits per heavy atom. The number of carbonyl (C=O) groups is 1. The van der Waals surface area contributed by atoms with Gasteiger partial charge in [-0.2, -0.15) is 0 Å². The average molecular weight is 631 g/mol. The first kappa shape index (κ1) is 26.9. The zero-order valence-electron chi connectivity index (χ0n) is 21.0. The van der Waals surface area contributed by atoms with Gasteiger partial charge in [-0.25, -0.2) is 9.79 Å². The molecular formula is C28H27IN2O5S. The lowest BCUT2D eigenvalue weighted by Crippen LogP contribution is -2.39. The van der Waals surface area contributed by atoms with Crippen LogP contribution in [-0.2, 0) is 9.53 Å². The van der Waals surface area contributed by atoms with Crippen molar-refractivity contribution < 1.29 is 19.0 Å².